The Kier molecular flexibility index (Phi) is 6.89. The molecule has 1 rings (SSSR count). The van der Waals surface area contributed by atoms with Gasteiger partial charge in [0.25, 0.3) is 0 Å². The number of benzene rings is 1. The van der Waals surface area contributed by atoms with E-state index in [0.717, 1.165) is 6.42 Å². The van der Waals surface area contributed by atoms with E-state index in [1.54, 1.807) is 13.0 Å². The van der Waals surface area contributed by atoms with E-state index in [4.69, 9.17) is 15.2 Å². The van der Waals surface area contributed by atoms with Crippen LogP contribution in [0.1, 0.15) is 32.3 Å². The number of hydrogen-bond acceptors (Lipinski definition) is 4. The Morgan fingerprint density at radius 2 is 1.96 bits per heavy atom. The van der Waals surface area contributed by atoms with Crippen molar-refractivity contribution in [2.75, 3.05) is 13.7 Å². The molecule has 0 saturated heterocycles. The van der Waals surface area contributed by atoms with Crippen LogP contribution >= 0.6 is 0 Å². The summed E-state index contributed by atoms with van der Waals surface area (Å²) in [6.45, 7) is 2.37. The molecule has 8 heteroatoms. The highest BCUT2D eigenvalue weighted by Gasteiger charge is 2.29. The molecular formula is C16H23F3N2O3. The third kappa shape index (κ3) is 6.27. The lowest BCUT2D eigenvalue weighted by Gasteiger charge is -2.23. The molecule has 3 N–H and O–H groups in total. The molecule has 1 amide bonds. The van der Waals surface area contributed by atoms with E-state index < -0.39 is 18.3 Å². The number of methoxy groups -OCH3 is 1. The first-order valence-electron chi connectivity index (χ1n) is 7.52. The van der Waals surface area contributed by atoms with E-state index in [0.29, 0.717) is 12.0 Å². The summed E-state index contributed by atoms with van der Waals surface area (Å²) in [6.07, 6.45) is -3.10. The van der Waals surface area contributed by atoms with Crippen molar-refractivity contribution >= 4 is 5.91 Å². The predicted octanol–water partition coefficient (Wildman–Crippen LogP) is 2.77. The predicted molar refractivity (Wildman–Crippen MR) is 83.9 cm³/mol. The largest absolute Gasteiger partial charge is 0.493 e. The summed E-state index contributed by atoms with van der Waals surface area (Å²) in [4.78, 5) is 12.0. The van der Waals surface area contributed by atoms with Crippen LogP contribution in [0.4, 0.5) is 13.2 Å². The van der Waals surface area contributed by atoms with Gasteiger partial charge in [0.05, 0.1) is 12.6 Å². The standard InChI is InChI=1S/C16H23F3N2O3/c1-4-7-15(2,20)14(22)21-9-11-5-6-12(13(8-11)23-3)24-10-16(17,18)19/h5-6,8H,4,7,9-10,20H2,1-3H3,(H,21,22). The zero-order valence-electron chi connectivity index (χ0n) is 14.0. The van der Waals surface area contributed by atoms with Crippen LogP contribution in [-0.2, 0) is 11.3 Å². The zero-order valence-corrected chi connectivity index (χ0v) is 14.0. The summed E-state index contributed by atoms with van der Waals surface area (Å²) in [5.74, 6) is -0.143. The van der Waals surface area contributed by atoms with E-state index in [-0.39, 0.29) is 24.0 Å². The fraction of sp³-hybridized carbons (Fsp3) is 0.562. The lowest BCUT2D eigenvalue weighted by atomic mass is 9.96. The van der Waals surface area contributed by atoms with Gasteiger partial charge < -0.3 is 20.5 Å². The van der Waals surface area contributed by atoms with Gasteiger partial charge in [0.1, 0.15) is 0 Å². The number of nitrogens with one attached hydrogen (secondary N) is 1. The van der Waals surface area contributed by atoms with Crippen molar-refractivity contribution in [3.05, 3.63) is 23.8 Å². The molecule has 0 saturated carbocycles. The van der Waals surface area contributed by atoms with Crippen LogP contribution in [0, 0.1) is 0 Å². The first-order chi connectivity index (χ1) is 11.1. The number of rotatable bonds is 8. The number of carbonyl (C=O) groups is 1. The Morgan fingerprint density at radius 1 is 1.29 bits per heavy atom. The van der Waals surface area contributed by atoms with Gasteiger partial charge >= 0.3 is 6.18 Å². The second-order valence-corrected chi connectivity index (χ2v) is 5.74. The van der Waals surface area contributed by atoms with Crippen molar-refractivity contribution in [2.24, 2.45) is 5.73 Å². The van der Waals surface area contributed by atoms with Gasteiger partial charge in [-0.2, -0.15) is 13.2 Å². The number of amides is 1. The van der Waals surface area contributed by atoms with Gasteiger partial charge in [0.15, 0.2) is 18.1 Å². The summed E-state index contributed by atoms with van der Waals surface area (Å²) < 4.78 is 46.4. The Balaban J connectivity index is 2.72. The molecule has 0 aromatic heterocycles. The van der Waals surface area contributed by atoms with Crippen molar-refractivity contribution in [3.63, 3.8) is 0 Å². The normalized spacial score (nSPS) is 14.0. The van der Waals surface area contributed by atoms with Crippen molar-refractivity contribution in [3.8, 4) is 11.5 Å². The Hall–Kier alpha value is -1.96. The molecule has 0 spiro atoms. The fourth-order valence-electron chi connectivity index (χ4n) is 2.12. The molecule has 1 aromatic rings. The minimum atomic E-state index is -4.43. The molecule has 0 aliphatic heterocycles. The van der Waals surface area contributed by atoms with Crippen molar-refractivity contribution in [2.45, 2.75) is 44.9 Å². The smallest absolute Gasteiger partial charge is 0.422 e. The van der Waals surface area contributed by atoms with Gasteiger partial charge in [0.2, 0.25) is 5.91 Å². The van der Waals surface area contributed by atoms with Gasteiger partial charge in [0, 0.05) is 6.54 Å². The van der Waals surface area contributed by atoms with Gasteiger partial charge in [-0.1, -0.05) is 19.4 Å². The fourth-order valence-corrected chi connectivity index (χ4v) is 2.12. The van der Waals surface area contributed by atoms with Crippen LogP contribution < -0.4 is 20.5 Å². The maximum atomic E-state index is 12.2. The molecule has 0 radical (unpaired) electrons. The first kappa shape index (κ1) is 20.1. The van der Waals surface area contributed by atoms with Crippen LogP contribution in [0.25, 0.3) is 0 Å². The SMILES string of the molecule is CCCC(C)(N)C(=O)NCc1ccc(OCC(F)(F)F)c(OC)c1. The second kappa shape index (κ2) is 8.23. The van der Waals surface area contributed by atoms with Crippen LogP contribution in [0.15, 0.2) is 18.2 Å². The Labute approximate surface area is 139 Å². The second-order valence-electron chi connectivity index (χ2n) is 5.74. The number of hydrogen-bond donors (Lipinski definition) is 2. The van der Waals surface area contributed by atoms with E-state index >= 15 is 0 Å². The summed E-state index contributed by atoms with van der Waals surface area (Å²) in [7, 11) is 1.33. The molecule has 1 aromatic carbocycles. The zero-order chi connectivity index (χ0) is 18.4. The summed E-state index contributed by atoms with van der Waals surface area (Å²) in [5.41, 5.74) is 5.63. The molecule has 0 bridgehead atoms. The van der Waals surface area contributed by atoms with E-state index in [1.807, 2.05) is 6.92 Å². The summed E-state index contributed by atoms with van der Waals surface area (Å²) >= 11 is 0. The summed E-state index contributed by atoms with van der Waals surface area (Å²) in [6, 6.07) is 4.45. The molecule has 1 unspecified atom stereocenters. The molecule has 0 aliphatic carbocycles. The molecule has 1 atom stereocenters. The van der Waals surface area contributed by atoms with E-state index in [1.165, 1.54) is 19.2 Å². The van der Waals surface area contributed by atoms with Gasteiger partial charge in [-0.15, -0.1) is 0 Å². The quantitative estimate of drug-likeness (QED) is 0.758. The number of alkyl halides is 3. The van der Waals surface area contributed by atoms with Crippen LogP contribution in [0.2, 0.25) is 0 Å². The molecule has 0 aliphatic rings. The Bertz CT molecular complexity index is 560. The number of ether oxygens (including phenoxy) is 2. The maximum absolute atomic E-state index is 12.2. The highest BCUT2D eigenvalue weighted by molar-refractivity contribution is 5.85. The molecule has 5 nitrogen and oxygen atoms in total. The number of halogens is 3. The minimum absolute atomic E-state index is 0.0143. The lowest BCUT2D eigenvalue weighted by Crippen LogP contribution is -2.51. The maximum Gasteiger partial charge on any atom is 0.422 e. The van der Waals surface area contributed by atoms with Crippen molar-refractivity contribution in [1.82, 2.24) is 5.32 Å². The van der Waals surface area contributed by atoms with Crippen LogP contribution in [0.5, 0.6) is 11.5 Å². The molecule has 0 fully saturated rings. The molecule has 136 valence electrons. The molecule has 0 heterocycles. The molecule has 24 heavy (non-hydrogen) atoms. The highest BCUT2D eigenvalue weighted by atomic mass is 19.4. The van der Waals surface area contributed by atoms with Gasteiger partial charge in [-0.05, 0) is 31.0 Å². The highest BCUT2D eigenvalue weighted by Crippen LogP contribution is 2.29. The van der Waals surface area contributed by atoms with Crippen molar-refractivity contribution in [1.29, 1.82) is 0 Å². The van der Waals surface area contributed by atoms with Crippen LogP contribution in [0.3, 0.4) is 0 Å². The Morgan fingerprint density at radius 3 is 2.50 bits per heavy atom. The number of carbonyl (C=O) groups excluding carboxylic acids is 1. The average Bonchev–Trinajstić information content (AvgIpc) is 2.49. The van der Waals surface area contributed by atoms with Crippen LogP contribution in [-0.4, -0.2) is 31.3 Å². The average molecular weight is 348 g/mol. The first-order valence-corrected chi connectivity index (χ1v) is 7.52. The number of nitrogens with two attached hydrogens (primary N) is 1. The third-order valence-electron chi connectivity index (χ3n) is 3.36. The van der Waals surface area contributed by atoms with Gasteiger partial charge in [-0.3, -0.25) is 4.79 Å². The third-order valence-corrected chi connectivity index (χ3v) is 3.36. The summed E-state index contributed by atoms with van der Waals surface area (Å²) in [5, 5.41) is 2.71. The van der Waals surface area contributed by atoms with E-state index in [9.17, 15) is 18.0 Å². The molecular weight excluding hydrogens is 325 g/mol. The van der Waals surface area contributed by atoms with Crippen molar-refractivity contribution < 1.29 is 27.4 Å². The lowest BCUT2D eigenvalue weighted by molar-refractivity contribution is -0.153. The topological polar surface area (TPSA) is 73.6 Å². The monoisotopic (exact) mass is 348 g/mol. The van der Waals surface area contributed by atoms with Gasteiger partial charge in [-0.25, -0.2) is 0 Å². The van der Waals surface area contributed by atoms with E-state index in [2.05, 4.69) is 5.32 Å². The minimum Gasteiger partial charge on any atom is -0.493 e.